The SMILES string of the molecule is NCCCC1(CCCN)OCC2(COCOC2)CO1. The summed E-state index contributed by atoms with van der Waals surface area (Å²) in [4.78, 5) is 0. The van der Waals surface area contributed by atoms with Crippen molar-refractivity contribution in [2.45, 2.75) is 31.5 Å². The summed E-state index contributed by atoms with van der Waals surface area (Å²) in [5.41, 5.74) is 11.0. The zero-order valence-corrected chi connectivity index (χ0v) is 11.6. The highest BCUT2D eigenvalue weighted by atomic mass is 16.7. The lowest BCUT2D eigenvalue weighted by atomic mass is 9.89. The lowest BCUT2D eigenvalue weighted by Gasteiger charge is -2.47. The van der Waals surface area contributed by atoms with Gasteiger partial charge in [0.05, 0.1) is 31.8 Å². The second-order valence-electron chi connectivity index (χ2n) is 5.59. The smallest absolute Gasteiger partial charge is 0.168 e. The predicted octanol–water partition coefficient (Wildman–Crippen LogP) is 0.198. The number of rotatable bonds is 6. The molecule has 0 aromatic heterocycles. The Morgan fingerprint density at radius 1 is 0.789 bits per heavy atom. The van der Waals surface area contributed by atoms with E-state index in [2.05, 4.69) is 0 Å². The predicted molar refractivity (Wildman–Crippen MR) is 70.4 cm³/mol. The van der Waals surface area contributed by atoms with Crippen LogP contribution in [-0.4, -0.2) is 52.1 Å². The molecule has 2 heterocycles. The first-order chi connectivity index (χ1) is 9.24. The fourth-order valence-corrected chi connectivity index (χ4v) is 2.59. The van der Waals surface area contributed by atoms with E-state index in [0.717, 1.165) is 25.7 Å². The van der Waals surface area contributed by atoms with Crippen LogP contribution in [-0.2, 0) is 18.9 Å². The molecule has 4 N–H and O–H groups in total. The number of nitrogens with two attached hydrogens (primary N) is 2. The van der Waals surface area contributed by atoms with Crippen molar-refractivity contribution < 1.29 is 18.9 Å². The van der Waals surface area contributed by atoms with Crippen molar-refractivity contribution in [2.75, 3.05) is 46.3 Å². The molecule has 2 aliphatic heterocycles. The molecule has 112 valence electrons. The molecule has 0 saturated carbocycles. The molecule has 2 fully saturated rings. The van der Waals surface area contributed by atoms with Crippen LogP contribution in [0.2, 0.25) is 0 Å². The van der Waals surface area contributed by atoms with E-state index >= 15 is 0 Å². The summed E-state index contributed by atoms with van der Waals surface area (Å²) in [7, 11) is 0. The Morgan fingerprint density at radius 3 is 1.79 bits per heavy atom. The van der Waals surface area contributed by atoms with E-state index in [4.69, 9.17) is 30.4 Å². The second kappa shape index (κ2) is 6.97. The van der Waals surface area contributed by atoms with Gasteiger partial charge in [-0.25, -0.2) is 0 Å². The Morgan fingerprint density at radius 2 is 1.32 bits per heavy atom. The Kier molecular flexibility index (Phi) is 5.56. The molecule has 2 saturated heterocycles. The van der Waals surface area contributed by atoms with E-state index < -0.39 is 5.79 Å². The number of hydrogen-bond acceptors (Lipinski definition) is 6. The third-order valence-electron chi connectivity index (χ3n) is 3.79. The third kappa shape index (κ3) is 3.87. The summed E-state index contributed by atoms with van der Waals surface area (Å²) in [6, 6.07) is 0. The van der Waals surface area contributed by atoms with E-state index in [0.29, 0.717) is 46.3 Å². The third-order valence-corrected chi connectivity index (χ3v) is 3.79. The molecule has 19 heavy (non-hydrogen) atoms. The molecule has 0 aromatic rings. The number of hydrogen-bond donors (Lipinski definition) is 2. The molecule has 0 radical (unpaired) electrons. The van der Waals surface area contributed by atoms with Crippen LogP contribution in [0.15, 0.2) is 0 Å². The van der Waals surface area contributed by atoms with Crippen molar-refractivity contribution in [2.24, 2.45) is 16.9 Å². The Hall–Kier alpha value is -0.240. The molecular weight excluding hydrogens is 248 g/mol. The minimum absolute atomic E-state index is 0.146. The molecule has 6 heteroatoms. The summed E-state index contributed by atoms with van der Waals surface area (Å²) >= 11 is 0. The minimum atomic E-state index is -0.512. The Labute approximate surface area is 114 Å². The Balaban J connectivity index is 1.91. The van der Waals surface area contributed by atoms with E-state index in [1.165, 1.54) is 0 Å². The van der Waals surface area contributed by atoms with Crippen LogP contribution >= 0.6 is 0 Å². The maximum atomic E-state index is 6.07. The van der Waals surface area contributed by atoms with Crippen LogP contribution in [0.1, 0.15) is 25.7 Å². The van der Waals surface area contributed by atoms with E-state index in [1.54, 1.807) is 0 Å². The van der Waals surface area contributed by atoms with E-state index in [9.17, 15) is 0 Å². The zero-order valence-electron chi connectivity index (χ0n) is 11.6. The van der Waals surface area contributed by atoms with Gasteiger partial charge in [-0.1, -0.05) is 0 Å². The van der Waals surface area contributed by atoms with Gasteiger partial charge in [0.1, 0.15) is 6.79 Å². The summed E-state index contributed by atoms with van der Waals surface area (Å²) in [6.07, 6.45) is 3.43. The summed E-state index contributed by atoms with van der Waals surface area (Å²) in [5, 5.41) is 0. The van der Waals surface area contributed by atoms with Gasteiger partial charge in [0.25, 0.3) is 0 Å². The fraction of sp³-hybridized carbons (Fsp3) is 1.00. The van der Waals surface area contributed by atoms with Crippen molar-refractivity contribution in [1.29, 1.82) is 0 Å². The van der Waals surface area contributed by atoms with Gasteiger partial charge in [-0.15, -0.1) is 0 Å². The first kappa shape index (κ1) is 15.2. The molecule has 2 rings (SSSR count). The molecule has 0 bridgehead atoms. The molecule has 6 nitrogen and oxygen atoms in total. The molecule has 0 amide bonds. The molecule has 1 spiro atoms. The summed E-state index contributed by atoms with van der Waals surface area (Å²) in [6.45, 7) is 4.16. The van der Waals surface area contributed by atoms with Crippen LogP contribution in [0.3, 0.4) is 0 Å². The van der Waals surface area contributed by atoms with Crippen molar-refractivity contribution in [1.82, 2.24) is 0 Å². The monoisotopic (exact) mass is 274 g/mol. The van der Waals surface area contributed by atoms with Gasteiger partial charge in [-0.05, 0) is 25.9 Å². The molecule has 0 atom stereocenters. The molecule has 0 unspecified atom stereocenters. The maximum absolute atomic E-state index is 6.07. The average Bonchev–Trinajstić information content (AvgIpc) is 2.47. The van der Waals surface area contributed by atoms with Crippen LogP contribution in [0.25, 0.3) is 0 Å². The topological polar surface area (TPSA) is 89.0 Å². The van der Waals surface area contributed by atoms with Gasteiger partial charge < -0.3 is 30.4 Å². The highest BCUT2D eigenvalue weighted by Crippen LogP contribution is 2.37. The van der Waals surface area contributed by atoms with Crippen LogP contribution < -0.4 is 11.5 Å². The second-order valence-corrected chi connectivity index (χ2v) is 5.59. The van der Waals surface area contributed by atoms with Gasteiger partial charge in [-0.2, -0.15) is 0 Å². The molecular formula is C13H26N2O4. The molecule has 2 aliphatic rings. The Bertz CT molecular complexity index is 249. The standard InChI is InChI=1S/C13H26N2O4/c14-5-1-3-13(4-2-6-15)18-9-12(10-19-13)7-16-11-17-8-12/h1-11,14-15H2. The van der Waals surface area contributed by atoms with Gasteiger partial charge in [0.2, 0.25) is 0 Å². The van der Waals surface area contributed by atoms with E-state index in [-0.39, 0.29) is 5.41 Å². The van der Waals surface area contributed by atoms with Gasteiger partial charge in [0.15, 0.2) is 5.79 Å². The van der Waals surface area contributed by atoms with Crippen LogP contribution in [0.4, 0.5) is 0 Å². The number of ether oxygens (including phenoxy) is 4. The first-order valence-electron chi connectivity index (χ1n) is 7.08. The zero-order chi connectivity index (χ0) is 13.6. The normalized spacial score (nSPS) is 25.6. The minimum Gasteiger partial charge on any atom is -0.355 e. The largest absolute Gasteiger partial charge is 0.355 e. The van der Waals surface area contributed by atoms with Crippen molar-refractivity contribution in [3.63, 3.8) is 0 Å². The molecule has 0 aromatic carbocycles. The quantitative estimate of drug-likeness (QED) is 0.719. The lowest BCUT2D eigenvalue weighted by molar-refractivity contribution is -0.335. The average molecular weight is 274 g/mol. The first-order valence-corrected chi connectivity index (χ1v) is 7.08. The van der Waals surface area contributed by atoms with Crippen LogP contribution in [0, 0.1) is 5.41 Å². The fourth-order valence-electron chi connectivity index (χ4n) is 2.59. The summed E-state index contributed by atoms with van der Waals surface area (Å²) < 4.78 is 22.9. The summed E-state index contributed by atoms with van der Waals surface area (Å²) in [5.74, 6) is -0.512. The van der Waals surface area contributed by atoms with E-state index in [1.807, 2.05) is 0 Å². The highest BCUT2D eigenvalue weighted by molar-refractivity contribution is 4.87. The van der Waals surface area contributed by atoms with Gasteiger partial charge in [0, 0.05) is 12.8 Å². The maximum Gasteiger partial charge on any atom is 0.168 e. The van der Waals surface area contributed by atoms with Crippen LogP contribution in [0.5, 0.6) is 0 Å². The lowest BCUT2D eigenvalue weighted by Crippen LogP contribution is -2.55. The van der Waals surface area contributed by atoms with Gasteiger partial charge >= 0.3 is 0 Å². The van der Waals surface area contributed by atoms with Gasteiger partial charge in [-0.3, -0.25) is 0 Å². The van der Waals surface area contributed by atoms with Crippen molar-refractivity contribution in [3.8, 4) is 0 Å². The highest BCUT2D eigenvalue weighted by Gasteiger charge is 2.45. The molecule has 0 aliphatic carbocycles. The van der Waals surface area contributed by atoms with Crippen molar-refractivity contribution >= 4 is 0 Å². The van der Waals surface area contributed by atoms with Crippen molar-refractivity contribution in [3.05, 3.63) is 0 Å².